The van der Waals surface area contributed by atoms with Crippen LogP contribution in [0.4, 0.5) is 0 Å². The Labute approximate surface area is 122 Å². The number of carbonyl (C=O) groups excluding carboxylic acids is 1. The molecule has 2 atom stereocenters. The Hall–Kier alpha value is -1.42. The van der Waals surface area contributed by atoms with Crippen molar-refractivity contribution < 1.29 is 4.79 Å². The SMILES string of the molecule is CC(C)C(CCN)CCC(=O)N[C@@H](C)c1ccncc1. The molecule has 0 spiro atoms. The smallest absolute Gasteiger partial charge is 0.220 e. The number of hydrogen-bond donors (Lipinski definition) is 2. The van der Waals surface area contributed by atoms with Gasteiger partial charge in [-0.25, -0.2) is 0 Å². The van der Waals surface area contributed by atoms with Gasteiger partial charge in [0.2, 0.25) is 5.91 Å². The quantitative estimate of drug-likeness (QED) is 0.767. The van der Waals surface area contributed by atoms with Crippen molar-refractivity contribution in [3.8, 4) is 0 Å². The molecule has 1 aromatic rings. The van der Waals surface area contributed by atoms with E-state index in [2.05, 4.69) is 24.1 Å². The van der Waals surface area contributed by atoms with Crippen LogP contribution in [0, 0.1) is 11.8 Å². The number of nitrogens with two attached hydrogens (primary N) is 1. The number of nitrogens with one attached hydrogen (secondary N) is 1. The fourth-order valence-corrected chi connectivity index (χ4v) is 2.39. The van der Waals surface area contributed by atoms with Gasteiger partial charge in [0.1, 0.15) is 0 Å². The summed E-state index contributed by atoms with van der Waals surface area (Å²) in [7, 11) is 0. The molecule has 1 unspecified atom stereocenters. The van der Waals surface area contributed by atoms with Crippen LogP contribution in [0.3, 0.4) is 0 Å². The highest BCUT2D eigenvalue weighted by molar-refractivity contribution is 5.76. The zero-order valence-electron chi connectivity index (χ0n) is 12.8. The van der Waals surface area contributed by atoms with E-state index in [9.17, 15) is 4.79 Å². The number of nitrogens with zero attached hydrogens (tertiary/aromatic N) is 1. The number of hydrogen-bond acceptors (Lipinski definition) is 3. The van der Waals surface area contributed by atoms with Gasteiger partial charge >= 0.3 is 0 Å². The van der Waals surface area contributed by atoms with Gasteiger partial charge in [0.25, 0.3) is 0 Å². The number of pyridine rings is 1. The Morgan fingerprint density at radius 3 is 2.45 bits per heavy atom. The van der Waals surface area contributed by atoms with Crippen molar-refractivity contribution in [3.63, 3.8) is 0 Å². The molecule has 0 aliphatic heterocycles. The van der Waals surface area contributed by atoms with Crippen molar-refractivity contribution in [1.29, 1.82) is 0 Å². The first kappa shape index (κ1) is 16.6. The van der Waals surface area contributed by atoms with Crippen LogP contribution in [-0.2, 0) is 4.79 Å². The molecule has 0 aromatic carbocycles. The summed E-state index contributed by atoms with van der Waals surface area (Å²) >= 11 is 0. The fourth-order valence-electron chi connectivity index (χ4n) is 2.39. The predicted molar refractivity (Wildman–Crippen MR) is 82.0 cm³/mol. The molecule has 0 saturated heterocycles. The molecular weight excluding hydrogens is 250 g/mol. The zero-order valence-corrected chi connectivity index (χ0v) is 12.8. The molecule has 0 bridgehead atoms. The summed E-state index contributed by atoms with van der Waals surface area (Å²) in [6.07, 6.45) is 5.95. The lowest BCUT2D eigenvalue weighted by molar-refractivity contribution is -0.122. The first-order chi connectivity index (χ1) is 9.54. The standard InChI is InChI=1S/C16H27N3O/c1-12(2)14(6-9-17)4-5-16(20)19-13(3)15-7-10-18-11-8-15/h7-8,10-14H,4-6,9,17H2,1-3H3,(H,19,20)/t13-,14?/m0/s1. The van der Waals surface area contributed by atoms with E-state index in [1.165, 1.54) is 0 Å². The van der Waals surface area contributed by atoms with Crippen molar-refractivity contribution >= 4 is 5.91 Å². The van der Waals surface area contributed by atoms with Crippen LogP contribution in [0.25, 0.3) is 0 Å². The number of amides is 1. The van der Waals surface area contributed by atoms with Crippen molar-refractivity contribution in [2.45, 2.75) is 46.1 Å². The van der Waals surface area contributed by atoms with Gasteiger partial charge in [0.05, 0.1) is 6.04 Å². The maximum atomic E-state index is 12.0. The highest BCUT2D eigenvalue weighted by atomic mass is 16.1. The summed E-state index contributed by atoms with van der Waals surface area (Å²) in [5.74, 6) is 1.21. The highest BCUT2D eigenvalue weighted by Gasteiger charge is 2.15. The zero-order chi connectivity index (χ0) is 15.0. The van der Waals surface area contributed by atoms with E-state index >= 15 is 0 Å². The van der Waals surface area contributed by atoms with Crippen molar-refractivity contribution in [2.24, 2.45) is 17.6 Å². The molecule has 0 aliphatic carbocycles. The molecule has 3 N–H and O–H groups in total. The Balaban J connectivity index is 2.39. The Kier molecular flexibility index (Phi) is 7.23. The maximum Gasteiger partial charge on any atom is 0.220 e. The van der Waals surface area contributed by atoms with Crippen LogP contribution < -0.4 is 11.1 Å². The van der Waals surface area contributed by atoms with Crippen molar-refractivity contribution in [1.82, 2.24) is 10.3 Å². The van der Waals surface area contributed by atoms with E-state index in [0.29, 0.717) is 24.8 Å². The third-order valence-corrected chi connectivity index (χ3v) is 3.81. The van der Waals surface area contributed by atoms with Gasteiger partial charge < -0.3 is 11.1 Å². The lowest BCUT2D eigenvalue weighted by atomic mass is 9.88. The Bertz CT molecular complexity index is 392. The second-order valence-electron chi connectivity index (χ2n) is 5.69. The van der Waals surface area contributed by atoms with Crippen molar-refractivity contribution in [2.75, 3.05) is 6.54 Å². The van der Waals surface area contributed by atoms with Crippen LogP contribution in [0.1, 0.15) is 51.6 Å². The molecule has 20 heavy (non-hydrogen) atoms. The fraction of sp³-hybridized carbons (Fsp3) is 0.625. The number of aromatic nitrogens is 1. The van der Waals surface area contributed by atoms with Crippen molar-refractivity contribution in [3.05, 3.63) is 30.1 Å². The van der Waals surface area contributed by atoms with Crippen LogP contribution in [-0.4, -0.2) is 17.4 Å². The maximum absolute atomic E-state index is 12.0. The molecule has 0 aliphatic rings. The third-order valence-electron chi connectivity index (χ3n) is 3.81. The molecule has 0 radical (unpaired) electrons. The van der Waals surface area contributed by atoms with E-state index in [1.807, 2.05) is 19.1 Å². The molecular formula is C16H27N3O. The molecule has 0 saturated carbocycles. The molecule has 1 amide bonds. The van der Waals surface area contributed by atoms with E-state index in [4.69, 9.17) is 5.73 Å². The van der Waals surface area contributed by atoms with Gasteiger partial charge in [-0.3, -0.25) is 9.78 Å². The average Bonchev–Trinajstić information content (AvgIpc) is 2.44. The predicted octanol–water partition coefficient (Wildman–Crippen LogP) is 2.66. The number of carbonyl (C=O) groups is 1. The molecule has 1 aromatic heterocycles. The Morgan fingerprint density at radius 2 is 1.90 bits per heavy atom. The third kappa shape index (κ3) is 5.70. The van der Waals surface area contributed by atoms with Gasteiger partial charge in [0.15, 0.2) is 0 Å². The van der Waals surface area contributed by atoms with E-state index in [0.717, 1.165) is 18.4 Å². The first-order valence-electron chi connectivity index (χ1n) is 7.44. The van der Waals surface area contributed by atoms with Gasteiger partial charge in [-0.05, 0) is 55.8 Å². The summed E-state index contributed by atoms with van der Waals surface area (Å²) in [6.45, 7) is 7.07. The van der Waals surface area contributed by atoms with E-state index in [-0.39, 0.29) is 11.9 Å². The number of rotatable bonds is 8. The van der Waals surface area contributed by atoms with Crippen LogP contribution in [0.15, 0.2) is 24.5 Å². The molecule has 4 nitrogen and oxygen atoms in total. The second-order valence-corrected chi connectivity index (χ2v) is 5.69. The molecule has 1 heterocycles. The highest BCUT2D eigenvalue weighted by Crippen LogP contribution is 2.20. The average molecular weight is 277 g/mol. The van der Waals surface area contributed by atoms with E-state index in [1.54, 1.807) is 12.4 Å². The van der Waals surface area contributed by atoms with Crippen LogP contribution in [0.5, 0.6) is 0 Å². The van der Waals surface area contributed by atoms with Crippen LogP contribution in [0.2, 0.25) is 0 Å². The minimum absolute atomic E-state index is 0.0255. The summed E-state index contributed by atoms with van der Waals surface area (Å²) < 4.78 is 0. The lowest BCUT2D eigenvalue weighted by Crippen LogP contribution is -2.27. The monoisotopic (exact) mass is 277 g/mol. The summed E-state index contributed by atoms with van der Waals surface area (Å²) in [4.78, 5) is 16.0. The minimum Gasteiger partial charge on any atom is -0.350 e. The summed E-state index contributed by atoms with van der Waals surface area (Å²) in [6, 6.07) is 3.88. The summed E-state index contributed by atoms with van der Waals surface area (Å²) in [5.41, 5.74) is 6.70. The van der Waals surface area contributed by atoms with Crippen LogP contribution >= 0.6 is 0 Å². The Morgan fingerprint density at radius 1 is 1.25 bits per heavy atom. The van der Waals surface area contributed by atoms with Gasteiger partial charge in [-0.2, -0.15) is 0 Å². The van der Waals surface area contributed by atoms with Gasteiger partial charge in [-0.15, -0.1) is 0 Å². The van der Waals surface area contributed by atoms with Gasteiger partial charge in [0, 0.05) is 18.8 Å². The topological polar surface area (TPSA) is 68.0 Å². The second kappa shape index (κ2) is 8.69. The normalized spacial score (nSPS) is 14.1. The molecule has 1 rings (SSSR count). The largest absolute Gasteiger partial charge is 0.350 e. The molecule has 4 heteroatoms. The molecule has 112 valence electrons. The lowest BCUT2D eigenvalue weighted by Gasteiger charge is -2.20. The van der Waals surface area contributed by atoms with E-state index < -0.39 is 0 Å². The first-order valence-corrected chi connectivity index (χ1v) is 7.44. The molecule has 0 fully saturated rings. The minimum atomic E-state index is 0.0255. The summed E-state index contributed by atoms with van der Waals surface area (Å²) in [5, 5.41) is 3.03. The van der Waals surface area contributed by atoms with Gasteiger partial charge in [-0.1, -0.05) is 13.8 Å².